The molecule has 0 aliphatic rings. The minimum atomic E-state index is 0.621. The molecule has 0 aliphatic heterocycles. The third kappa shape index (κ3) is 2.34. The third-order valence-corrected chi connectivity index (χ3v) is 3.59. The van der Waals surface area contributed by atoms with Crippen LogP contribution in [0.25, 0.3) is 21.1 Å². The maximum atomic E-state index is 8.90. The first-order chi connectivity index (χ1) is 9.36. The second-order valence-electron chi connectivity index (χ2n) is 3.85. The van der Waals surface area contributed by atoms with Crippen LogP contribution in [0.3, 0.4) is 0 Å². The van der Waals surface area contributed by atoms with E-state index in [1.165, 1.54) is 11.3 Å². The van der Waals surface area contributed by atoms with E-state index >= 15 is 0 Å². The summed E-state index contributed by atoms with van der Waals surface area (Å²) in [6, 6.07) is 13.3. The molecule has 90 valence electrons. The minimum Gasteiger partial charge on any atom is -0.264 e. The SMILES string of the molecule is N#Cc1cccc(-c2nnc(-c3cccnc3)s2)c1. The molecule has 19 heavy (non-hydrogen) atoms. The highest BCUT2D eigenvalue weighted by atomic mass is 32.1. The van der Waals surface area contributed by atoms with Crippen LogP contribution in [-0.2, 0) is 0 Å². The van der Waals surface area contributed by atoms with Crippen molar-refractivity contribution in [1.29, 1.82) is 5.26 Å². The molecule has 0 N–H and O–H groups in total. The number of hydrogen-bond acceptors (Lipinski definition) is 5. The van der Waals surface area contributed by atoms with Crippen LogP contribution in [0.15, 0.2) is 48.8 Å². The standard InChI is InChI=1S/C14H8N4S/c15-8-10-3-1-4-11(7-10)13-17-18-14(19-13)12-5-2-6-16-9-12/h1-7,9H. The molecule has 0 spiro atoms. The summed E-state index contributed by atoms with van der Waals surface area (Å²) >= 11 is 1.49. The van der Waals surface area contributed by atoms with Crippen LogP contribution >= 0.6 is 11.3 Å². The van der Waals surface area contributed by atoms with Crippen molar-refractivity contribution < 1.29 is 0 Å². The van der Waals surface area contributed by atoms with Gasteiger partial charge in [-0.2, -0.15) is 5.26 Å². The number of nitrogens with zero attached hydrogens (tertiary/aromatic N) is 4. The van der Waals surface area contributed by atoms with Gasteiger partial charge in [0, 0.05) is 23.5 Å². The van der Waals surface area contributed by atoms with Gasteiger partial charge in [0.2, 0.25) is 0 Å². The first-order valence-electron chi connectivity index (χ1n) is 5.61. The summed E-state index contributed by atoms with van der Waals surface area (Å²) in [4.78, 5) is 4.07. The Hall–Kier alpha value is -2.58. The highest BCUT2D eigenvalue weighted by Crippen LogP contribution is 2.29. The Balaban J connectivity index is 2.00. The van der Waals surface area contributed by atoms with Gasteiger partial charge in [-0.1, -0.05) is 23.5 Å². The van der Waals surface area contributed by atoms with Crippen molar-refractivity contribution in [3.05, 3.63) is 54.4 Å². The summed E-state index contributed by atoms with van der Waals surface area (Å²) in [5, 5.41) is 18.9. The van der Waals surface area contributed by atoms with Gasteiger partial charge in [-0.3, -0.25) is 4.98 Å². The van der Waals surface area contributed by atoms with Gasteiger partial charge in [-0.05, 0) is 24.3 Å². The van der Waals surface area contributed by atoms with Crippen molar-refractivity contribution in [3.8, 4) is 27.2 Å². The molecule has 5 heteroatoms. The fourth-order valence-electron chi connectivity index (χ4n) is 1.67. The molecule has 4 nitrogen and oxygen atoms in total. The van der Waals surface area contributed by atoms with E-state index in [4.69, 9.17) is 5.26 Å². The van der Waals surface area contributed by atoms with E-state index < -0.39 is 0 Å². The molecular formula is C14H8N4S. The molecular weight excluding hydrogens is 256 g/mol. The Kier molecular flexibility index (Phi) is 3.01. The predicted octanol–water partition coefficient (Wildman–Crippen LogP) is 3.14. The lowest BCUT2D eigenvalue weighted by molar-refractivity contribution is 1.10. The van der Waals surface area contributed by atoms with Crippen LogP contribution in [0.4, 0.5) is 0 Å². The van der Waals surface area contributed by atoms with E-state index in [9.17, 15) is 0 Å². The second kappa shape index (κ2) is 4.96. The van der Waals surface area contributed by atoms with Gasteiger partial charge in [0.1, 0.15) is 10.0 Å². The molecule has 2 heterocycles. The van der Waals surface area contributed by atoms with E-state index in [-0.39, 0.29) is 0 Å². The average Bonchev–Trinajstić information content (AvgIpc) is 2.98. The van der Waals surface area contributed by atoms with Crippen LogP contribution in [0.5, 0.6) is 0 Å². The smallest absolute Gasteiger partial charge is 0.149 e. The van der Waals surface area contributed by atoms with Crippen LogP contribution in [0, 0.1) is 11.3 Å². The highest BCUT2D eigenvalue weighted by Gasteiger charge is 2.08. The molecule has 0 amide bonds. The van der Waals surface area contributed by atoms with E-state index in [0.29, 0.717) is 5.56 Å². The minimum absolute atomic E-state index is 0.621. The lowest BCUT2D eigenvalue weighted by Gasteiger charge is -1.95. The van der Waals surface area contributed by atoms with Crippen molar-refractivity contribution in [2.45, 2.75) is 0 Å². The molecule has 2 aromatic heterocycles. The molecule has 0 atom stereocenters. The first kappa shape index (κ1) is 11.5. The lowest BCUT2D eigenvalue weighted by atomic mass is 10.1. The van der Waals surface area contributed by atoms with Crippen molar-refractivity contribution in [2.24, 2.45) is 0 Å². The van der Waals surface area contributed by atoms with Gasteiger partial charge in [-0.15, -0.1) is 10.2 Å². The van der Waals surface area contributed by atoms with Gasteiger partial charge in [-0.25, -0.2) is 0 Å². The lowest BCUT2D eigenvalue weighted by Crippen LogP contribution is -1.79. The molecule has 0 bridgehead atoms. The van der Waals surface area contributed by atoms with Gasteiger partial charge in [0.15, 0.2) is 0 Å². The summed E-state index contributed by atoms with van der Waals surface area (Å²) in [5.41, 5.74) is 2.48. The quantitative estimate of drug-likeness (QED) is 0.713. The first-order valence-corrected chi connectivity index (χ1v) is 6.43. The Bertz CT molecular complexity index is 743. The molecule has 0 radical (unpaired) electrons. The molecule has 0 aliphatic carbocycles. The number of nitriles is 1. The molecule has 0 saturated heterocycles. The van der Waals surface area contributed by atoms with Gasteiger partial charge >= 0.3 is 0 Å². The van der Waals surface area contributed by atoms with Crippen LogP contribution in [0.2, 0.25) is 0 Å². The van der Waals surface area contributed by atoms with Crippen molar-refractivity contribution in [2.75, 3.05) is 0 Å². The molecule has 3 rings (SSSR count). The molecule has 3 aromatic rings. The number of pyridine rings is 1. The number of rotatable bonds is 2. The Labute approximate surface area is 114 Å². The topological polar surface area (TPSA) is 62.5 Å². The van der Waals surface area contributed by atoms with Crippen molar-refractivity contribution in [1.82, 2.24) is 15.2 Å². The summed E-state index contributed by atoms with van der Waals surface area (Å²) in [6.45, 7) is 0. The summed E-state index contributed by atoms with van der Waals surface area (Å²) < 4.78 is 0. The van der Waals surface area contributed by atoms with E-state index in [2.05, 4.69) is 21.3 Å². The van der Waals surface area contributed by atoms with Gasteiger partial charge in [0.05, 0.1) is 11.6 Å². The fourth-order valence-corrected chi connectivity index (χ4v) is 2.50. The monoisotopic (exact) mass is 264 g/mol. The molecule has 0 saturated carbocycles. The zero-order chi connectivity index (χ0) is 13.1. The normalized spacial score (nSPS) is 10.1. The van der Waals surface area contributed by atoms with E-state index in [1.807, 2.05) is 30.3 Å². The fraction of sp³-hybridized carbons (Fsp3) is 0. The summed E-state index contributed by atoms with van der Waals surface area (Å²) in [7, 11) is 0. The molecule has 0 unspecified atom stereocenters. The predicted molar refractivity (Wildman–Crippen MR) is 73.3 cm³/mol. The van der Waals surface area contributed by atoms with Crippen LogP contribution in [-0.4, -0.2) is 15.2 Å². The zero-order valence-corrected chi connectivity index (χ0v) is 10.6. The van der Waals surface area contributed by atoms with Crippen LogP contribution in [0.1, 0.15) is 5.56 Å². The highest BCUT2D eigenvalue weighted by molar-refractivity contribution is 7.17. The summed E-state index contributed by atoms with van der Waals surface area (Å²) in [6.07, 6.45) is 3.48. The van der Waals surface area contributed by atoms with Crippen LogP contribution < -0.4 is 0 Å². The molecule has 1 aromatic carbocycles. The van der Waals surface area contributed by atoms with Crippen molar-refractivity contribution >= 4 is 11.3 Å². The Morgan fingerprint density at radius 1 is 1.00 bits per heavy atom. The van der Waals surface area contributed by atoms with E-state index in [1.54, 1.807) is 18.5 Å². The summed E-state index contributed by atoms with van der Waals surface area (Å²) in [5.74, 6) is 0. The third-order valence-electron chi connectivity index (χ3n) is 2.57. The largest absolute Gasteiger partial charge is 0.264 e. The Morgan fingerprint density at radius 3 is 2.53 bits per heavy atom. The maximum absolute atomic E-state index is 8.90. The van der Waals surface area contributed by atoms with Gasteiger partial charge < -0.3 is 0 Å². The second-order valence-corrected chi connectivity index (χ2v) is 4.82. The number of hydrogen-bond donors (Lipinski definition) is 0. The molecule has 0 fully saturated rings. The maximum Gasteiger partial charge on any atom is 0.149 e. The number of benzene rings is 1. The van der Waals surface area contributed by atoms with Crippen molar-refractivity contribution in [3.63, 3.8) is 0 Å². The Morgan fingerprint density at radius 2 is 1.79 bits per heavy atom. The van der Waals surface area contributed by atoms with Gasteiger partial charge in [0.25, 0.3) is 0 Å². The zero-order valence-electron chi connectivity index (χ0n) is 9.82. The van der Waals surface area contributed by atoms with E-state index in [0.717, 1.165) is 21.1 Å². The average molecular weight is 264 g/mol. The number of aromatic nitrogens is 3.